The lowest BCUT2D eigenvalue weighted by Gasteiger charge is -2.26. The summed E-state index contributed by atoms with van der Waals surface area (Å²) in [6.07, 6.45) is 53.4. The van der Waals surface area contributed by atoms with E-state index in [4.69, 9.17) is 0 Å². The van der Waals surface area contributed by atoms with Crippen LogP contribution in [0.25, 0.3) is 0 Å². The standard InChI is InChI=1S/C49H97NO4/c1-3-5-7-9-11-13-15-17-19-21-22-23-24-25-26-27-28-29-31-33-35-37-39-41-43-47(52)49(54)46(45-51)50-48(53)44-42-40-38-36-34-32-30-20-18-16-14-12-10-8-6-4-2/h20,30,46-47,49,51-52,54H,3-19,21-29,31-45H2,1-2H3,(H,50,53)/b30-20-. The fraction of sp³-hybridized carbons (Fsp3) is 0.939. The van der Waals surface area contributed by atoms with E-state index in [1.807, 2.05) is 0 Å². The molecule has 5 heteroatoms. The molecule has 0 saturated carbocycles. The molecule has 4 N–H and O–H groups in total. The summed E-state index contributed by atoms with van der Waals surface area (Å²) >= 11 is 0. The van der Waals surface area contributed by atoms with Crippen LogP contribution in [0.1, 0.15) is 271 Å². The summed E-state index contributed by atoms with van der Waals surface area (Å²) < 4.78 is 0. The SMILES string of the molecule is CCCCCCCCC/C=C\CCCCCCCC(=O)NC(CO)C(O)C(O)CCCCCCCCCCCCCCCCCCCCCCCCCC. The maximum absolute atomic E-state index is 12.4. The van der Waals surface area contributed by atoms with Crippen LogP contribution < -0.4 is 5.32 Å². The lowest BCUT2D eigenvalue weighted by atomic mass is 9.99. The predicted molar refractivity (Wildman–Crippen MR) is 236 cm³/mol. The lowest BCUT2D eigenvalue weighted by Crippen LogP contribution is -2.50. The average molecular weight is 764 g/mol. The van der Waals surface area contributed by atoms with Crippen molar-refractivity contribution < 1.29 is 20.1 Å². The second-order valence-electron chi connectivity index (χ2n) is 17.0. The first kappa shape index (κ1) is 53.1. The van der Waals surface area contributed by atoms with Gasteiger partial charge in [0.25, 0.3) is 0 Å². The van der Waals surface area contributed by atoms with E-state index in [1.54, 1.807) is 0 Å². The minimum atomic E-state index is -1.14. The van der Waals surface area contributed by atoms with Crippen LogP contribution in [0.2, 0.25) is 0 Å². The lowest BCUT2D eigenvalue weighted by molar-refractivity contribution is -0.124. The predicted octanol–water partition coefficient (Wildman–Crippen LogP) is 14.4. The summed E-state index contributed by atoms with van der Waals surface area (Å²) in [6, 6.07) is -0.810. The number of aliphatic hydroxyl groups excluding tert-OH is 3. The Labute approximate surface area is 338 Å². The molecule has 0 rings (SSSR count). The van der Waals surface area contributed by atoms with Gasteiger partial charge in [0.2, 0.25) is 5.91 Å². The molecule has 3 unspecified atom stereocenters. The number of amides is 1. The highest BCUT2D eigenvalue weighted by atomic mass is 16.3. The molecule has 0 aliphatic heterocycles. The Hall–Kier alpha value is -0.910. The molecule has 3 atom stereocenters. The normalized spacial score (nSPS) is 13.5. The number of rotatable bonds is 45. The zero-order valence-electron chi connectivity index (χ0n) is 36.6. The number of unbranched alkanes of at least 4 members (excludes halogenated alkanes) is 35. The van der Waals surface area contributed by atoms with E-state index < -0.39 is 18.2 Å². The topological polar surface area (TPSA) is 89.8 Å². The number of carbonyl (C=O) groups is 1. The highest BCUT2D eigenvalue weighted by Crippen LogP contribution is 2.17. The molecule has 1 amide bonds. The molecule has 0 aromatic carbocycles. The summed E-state index contributed by atoms with van der Waals surface area (Å²) in [5, 5.41) is 33.6. The molecular formula is C49H97NO4. The summed E-state index contributed by atoms with van der Waals surface area (Å²) in [6.45, 7) is 4.19. The monoisotopic (exact) mass is 764 g/mol. The van der Waals surface area contributed by atoms with Crippen molar-refractivity contribution in [2.24, 2.45) is 0 Å². The molecule has 0 saturated heterocycles. The Morgan fingerprint density at radius 3 is 1.07 bits per heavy atom. The molecular weight excluding hydrogens is 667 g/mol. The van der Waals surface area contributed by atoms with Crippen LogP contribution in [0.15, 0.2) is 12.2 Å². The third-order valence-electron chi connectivity index (χ3n) is 11.6. The first-order valence-corrected chi connectivity index (χ1v) is 24.5. The van der Waals surface area contributed by atoms with Crippen LogP contribution in [-0.2, 0) is 4.79 Å². The molecule has 0 aliphatic carbocycles. The molecule has 0 heterocycles. The fourth-order valence-corrected chi connectivity index (χ4v) is 7.81. The van der Waals surface area contributed by atoms with Crippen molar-refractivity contribution in [3.05, 3.63) is 12.2 Å². The molecule has 322 valence electrons. The van der Waals surface area contributed by atoms with Crippen molar-refractivity contribution in [2.45, 2.75) is 289 Å². The minimum absolute atomic E-state index is 0.150. The van der Waals surface area contributed by atoms with E-state index in [9.17, 15) is 20.1 Å². The quantitative estimate of drug-likeness (QED) is 0.0367. The van der Waals surface area contributed by atoms with Gasteiger partial charge in [-0.25, -0.2) is 0 Å². The Morgan fingerprint density at radius 2 is 0.741 bits per heavy atom. The van der Waals surface area contributed by atoms with Crippen LogP contribution in [0.4, 0.5) is 0 Å². The highest BCUT2D eigenvalue weighted by Gasteiger charge is 2.26. The van der Waals surface area contributed by atoms with E-state index in [0.717, 1.165) is 44.9 Å². The van der Waals surface area contributed by atoms with Crippen molar-refractivity contribution in [3.63, 3.8) is 0 Å². The molecule has 54 heavy (non-hydrogen) atoms. The van der Waals surface area contributed by atoms with Gasteiger partial charge < -0.3 is 20.6 Å². The zero-order chi connectivity index (χ0) is 39.4. The van der Waals surface area contributed by atoms with E-state index >= 15 is 0 Å². The molecule has 0 spiro atoms. The van der Waals surface area contributed by atoms with Gasteiger partial charge in [-0.3, -0.25) is 4.79 Å². The van der Waals surface area contributed by atoms with Crippen LogP contribution in [0, 0.1) is 0 Å². The van der Waals surface area contributed by atoms with Gasteiger partial charge in [0.1, 0.15) is 6.10 Å². The van der Waals surface area contributed by atoms with Gasteiger partial charge in [0.05, 0.1) is 18.8 Å². The zero-order valence-corrected chi connectivity index (χ0v) is 36.6. The van der Waals surface area contributed by atoms with E-state index in [0.29, 0.717) is 12.8 Å². The Bertz CT molecular complexity index is 758. The number of hydrogen-bond acceptors (Lipinski definition) is 4. The van der Waals surface area contributed by atoms with Crippen molar-refractivity contribution in [1.82, 2.24) is 5.32 Å². The van der Waals surface area contributed by atoms with Gasteiger partial charge in [-0.1, -0.05) is 238 Å². The summed E-state index contributed by atoms with van der Waals surface area (Å²) in [7, 11) is 0. The number of allylic oxidation sites excluding steroid dienone is 2. The van der Waals surface area contributed by atoms with Gasteiger partial charge in [0.15, 0.2) is 0 Å². The fourth-order valence-electron chi connectivity index (χ4n) is 7.81. The van der Waals surface area contributed by atoms with Crippen molar-refractivity contribution in [2.75, 3.05) is 6.61 Å². The van der Waals surface area contributed by atoms with Crippen molar-refractivity contribution in [3.8, 4) is 0 Å². The molecule has 0 aromatic heterocycles. The molecule has 0 radical (unpaired) electrons. The van der Waals surface area contributed by atoms with Gasteiger partial charge >= 0.3 is 0 Å². The second-order valence-corrected chi connectivity index (χ2v) is 17.0. The Morgan fingerprint density at radius 1 is 0.444 bits per heavy atom. The molecule has 0 bridgehead atoms. The number of nitrogens with one attached hydrogen (secondary N) is 1. The van der Waals surface area contributed by atoms with Crippen LogP contribution in [-0.4, -0.2) is 46.1 Å². The maximum Gasteiger partial charge on any atom is 0.220 e. The first-order chi connectivity index (χ1) is 26.6. The minimum Gasteiger partial charge on any atom is -0.394 e. The van der Waals surface area contributed by atoms with E-state index in [1.165, 1.54) is 199 Å². The molecule has 5 nitrogen and oxygen atoms in total. The van der Waals surface area contributed by atoms with Crippen LogP contribution >= 0.6 is 0 Å². The second kappa shape index (κ2) is 44.8. The highest BCUT2D eigenvalue weighted by molar-refractivity contribution is 5.76. The van der Waals surface area contributed by atoms with Crippen LogP contribution in [0.5, 0.6) is 0 Å². The number of aliphatic hydroxyl groups is 3. The smallest absolute Gasteiger partial charge is 0.220 e. The van der Waals surface area contributed by atoms with Gasteiger partial charge in [0, 0.05) is 6.42 Å². The molecule has 0 aliphatic rings. The largest absolute Gasteiger partial charge is 0.394 e. The van der Waals surface area contributed by atoms with Gasteiger partial charge in [-0.15, -0.1) is 0 Å². The van der Waals surface area contributed by atoms with E-state index in [2.05, 4.69) is 31.3 Å². The van der Waals surface area contributed by atoms with Crippen LogP contribution in [0.3, 0.4) is 0 Å². The number of carbonyl (C=O) groups excluding carboxylic acids is 1. The Kier molecular flexibility index (Phi) is 44.0. The number of hydrogen-bond donors (Lipinski definition) is 4. The van der Waals surface area contributed by atoms with E-state index in [-0.39, 0.29) is 12.5 Å². The Balaban J connectivity index is 3.55. The van der Waals surface area contributed by atoms with Crippen molar-refractivity contribution >= 4 is 5.91 Å². The van der Waals surface area contributed by atoms with Gasteiger partial charge in [-0.2, -0.15) is 0 Å². The average Bonchev–Trinajstić information content (AvgIpc) is 3.18. The molecule has 0 fully saturated rings. The van der Waals surface area contributed by atoms with Gasteiger partial charge in [-0.05, 0) is 38.5 Å². The maximum atomic E-state index is 12.4. The molecule has 0 aromatic rings. The third kappa shape index (κ3) is 39.3. The summed E-state index contributed by atoms with van der Waals surface area (Å²) in [4.78, 5) is 12.4. The third-order valence-corrected chi connectivity index (χ3v) is 11.6. The van der Waals surface area contributed by atoms with Crippen molar-refractivity contribution in [1.29, 1.82) is 0 Å². The summed E-state index contributed by atoms with van der Waals surface area (Å²) in [5.74, 6) is -0.150. The summed E-state index contributed by atoms with van der Waals surface area (Å²) in [5.41, 5.74) is 0. The first-order valence-electron chi connectivity index (χ1n) is 24.5.